The van der Waals surface area contributed by atoms with Gasteiger partial charge in [0.15, 0.2) is 0 Å². The predicted molar refractivity (Wildman–Crippen MR) is 116 cm³/mol. The van der Waals surface area contributed by atoms with E-state index in [9.17, 15) is 8.42 Å². The van der Waals surface area contributed by atoms with E-state index < -0.39 is 10.0 Å². The van der Waals surface area contributed by atoms with Crippen molar-refractivity contribution in [3.63, 3.8) is 0 Å². The van der Waals surface area contributed by atoms with Crippen LogP contribution in [0.5, 0.6) is 0 Å². The van der Waals surface area contributed by atoms with E-state index in [1.165, 1.54) is 41.1 Å². The molecule has 4 nitrogen and oxygen atoms in total. The van der Waals surface area contributed by atoms with Gasteiger partial charge in [0.05, 0.1) is 10.9 Å². The minimum absolute atomic E-state index is 0.302. The summed E-state index contributed by atoms with van der Waals surface area (Å²) in [7, 11) is -0.221. The number of hydrogen-bond acceptors (Lipinski definition) is 3. The Morgan fingerprint density at radius 3 is 2.52 bits per heavy atom. The molecule has 1 aliphatic heterocycles. The Hall–Kier alpha value is -1.85. The minimum Gasteiger partial charge on any atom is -0.378 e. The molecule has 5 unspecified atom stereocenters. The molecule has 5 rings (SSSR count). The highest BCUT2D eigenvalue weighted by atomic mass is 32.2. The smallest absolute Gasteiger partial charge is 0.242 e. The molecule has 1 heterocycles. The maximum atomic E-state index is 12.8. The highest BCUT2D eigenvalue weighted by Gasteiger charge is 2.48. The number of nitrogens with one attached hydrogen (secondary N) is 1. The van der Waals surface area contributed by atoms with E-state index in [0.29, 0.717) is 22.8 Å². The lowest BCUT2D eigenvalue weighted by molar-refractivity contribution is 0.129. The molecule has 2 saturated carbocycles. The van der Waals surface area contributed by atoms with Crippen LogP contribution in [-0.4, -0.2) is 26.8 Å². The Kier molecular flexibility index (Phi) is 4.71. The van der Waals surface area contributed by atoms with Gasteiger partial charge < -0.3 is 5.32 Å². The maximum absolute atomic E-state index is 12.8. The van der Waals surface area contributed by atoms with Crippen molar-refractivity contribution in [1.29, 1.82) is 0 Å². The number of anilines is 1. The summed E-state index contributed by atoms with van der Waals surface area (Å²) in [4.78, 5) is 0.411. The molecule has 1 N–H and O–H groups in total. The zero-order valence-electron chi connectivity index (χ0n) is 17.2. The van der Waals surface area contributed by atoms with Gasteiger partial charge in [-0.25, -0.2) is 12.7 Å². The molecule has 2 aromatic carbocycles. The van der Waals surface area contributed by atoms with Crippen LogP contribution in [-0.2, 0) is 10.0 Å². The van der Waals surface area contributed by atoms with Crippen LogP contribution in [0.3, 0.4) is 0 Å². The number of benzene rings is 2. The van der Waals surface area contributed by atoms with Crippen molar-refractivity contribution in [3.05, 3.63) is 59.7 Å². The number of hydrogen-bond donors (Lipinski definition) is 1. The standard InChI is InChI=1S/C24H30N2O2S/c1-26(2)29(27,28)18-12-14-22-21(15-18)20-13-11-16-9-6-10-19(16)23(20)24(25-22)17-7-4-3-5-8-17/h3-5,7-8,12,14-16,19-20,23-25H,6,9-11,13H2,1-2H3. The molecule has 0 saturated heterocycles. The fourth-order valence-electron chi connectivity index (χ4n) is 6.24. The lowest BCUT2D eigenvalue weighted by Gasteiger charge is -2.49. The lowest BCUT2D eigenvalue weighted by Crippen LogP contribution is -2.41. The molecule has 154 valence electrons. The van der Waals surface area contributed by atoms with E-state index >= 15 is 0 Å². The second-order valence-corrected chi connectivity index (χ2v) is 11.3. The molecule has 0 bridgehead atoms. The topological polar surface area (TPSA) is 49.4 Å². The number of sulfonamides is 1. The third-order valence-electron chi connectivity index (χ3n) is 7.58. The fraction of sp³-hybridized carbons (Fsp3) is 0.500. The van der Waals surface area contributed by atoms with Crippen molar-refractivity contribution < 1.29 is 8.42 Å². The Labute approximate surface area is 174 Å². The van der Waals surface area contributed by atoms with E-state index in [1.54, 1.807) is 20.2 Å². The van der Waals surface area contributed by atoms with Gasteiger partial charge in [-0.3, -0.25) is 0 Å². The molecule has 29 heavy (non-hydrogen) atoms. The third-order valence-corrected chi connectivity index (χ3v) is 9.39. The summed E-state index contributed by atoms with van der Waals surface area (Å²) < 4.78 is 26.8. The van der Waals surface area contributed by atoms with Gasteiger partial charge in [-0.2, -0.15) is 0 Å². The highest BCUT2D eigenvalue weighted by molar-refractivity contribution is 7.89. The normalized spacial score (nSPS) is 30.9. The maximum Gasteiger partial charge on any atom is 0.242 e. The summed E-state index contributed by atoms with van der Waals surface area (Å²) in [6.07, 6.45) is 6.44. The highest BCUT2D eigenvalue weighted by Crippen LogP contribution is 2.59. The predicted octanol–water partition coefficient (Wildman–Crippen LogP) is 5.01. The first-order chi connectivity index (χ1) is 14.0. The van der Waals surface area contributed by atoms with Crippen molar-refractivity contribution in [2.75, 3.05) is 19.4 Å². The molecule has 3 aliphatic rings. The summed E-state index contributed by atoms with van der Waals surface area (Å²) in [5.74, 6) is 2.52. The molecule has 0 spiro atoms. The average Bonchev–Trinajstić information content (AvgIpc) is 3.22. The summed E-state index contributed by atoms with van der Waals surface area (Å²) in [5.41, 5.74) is 3.66. The van der Waals surface area contributed by atoms with Crippen molar-refractivity contribution in [3.8, 4) is 0 Å². The molecule has 2 aliphatic carbocycles. The second kappa shape index (κ2) is 7.13. The van der Waals surface area contributed by atoms with Crippen molar-refractivity contribution in [2.45, 2.75) is 49.0 Å². The van der Waals surface area contributed by atoms with Crippen LogP contribution in [0.2, 0.25) is 0 Å². The summed E-state index contributed by atoms with van der Waals surface area (Å²) in [6, 6.07) is 16.8. The van der Waals surface area contributed by atoms with Gasteiger partial charge in [-0.1, -0.05) is 43.2 Å². The first-order valence-electron chi connectivity index (χ1n) is 10.8. The quantitative estimate of drug-likeness (QED) is 0.773. The molecule has 2 aromatic rings. The van der Waals surface area contributed by atoms with Crippen LogP contribution in [0.25, 0.3) is 0 Å². The number of nitrogens with zero attached hydrogens (tertiary/aromatic N) is 1. The number of fused-ring (bicyclic) bond motifs is 5. The zero-order valence-corrected chi connectivity index (χ0v) is 18.0. The van der Waals surface area contributed by atoms with Gasteiger partial charge in [0, 0.05) is 19.8 Å². The molecule has 2 fully saturated rings. The lowest BCUT2D eigenvalue weighted by atomic mass is 9.60. The molecular weight excluding hydrogens is 380 g/mol. The van der Waals surface area contributed by atoms with Crippen molar-refractivity contribution in [1.82, 2.24) is 4.31 Å². The molecule has 5 heteroatoms. The molecule has 0 radical (unpaired) electrons. The van der Waals surface area contributed by atoms with Gasteiger partial charge in [0.1, 0.15) is 0 Å². The van der Waals surface area contributed by atoms with Crippen LogP contribution in [0.15, 0.2) is 53.4 Å². The SMILES string of the molecule is CN(C)S(=O)(=O)c1ccc2c(c1)C1CCC3CCCC3C1C(c1ccccc1)N2. The Balaban J connectivity index is 1.62. The van der Waals surface area contributed by atoms with E-state index in [0.717, 1.165) is 23.9 Å². The van der Waals surface area contributed by atoms with Crippen LogP contribution < -0.4 is 5.32 Å². The summed E-state index contributed by atoms with van der Waals surface area (Å²) in [5, 5.41) is 3.82. The first kappa shape index (κ1) is 19.1. The molecule has 0 aromatic heterocycles. The van der Waals surface area contributed by atoms with Crippen LogP contribution >= 0.6 is 0 Å². The van der Waals surface area contributed by atoms with Gasteiger partial charge >= 0.3 is 0 Å². The fourth-order valence-corrected chi connectivity index (χ4v) is 7.18. The average molecular weight is 411 g/mol. The Bertz CT molecular complexity index is 1000. The first-order valence-corrected chi connectivity index (χ1v) is 12.3. The third kappa shape index (κ3) is 3.10. The van der Waals surface area contributed by atoms with Gasteiger partial charge in [-0.15, -0.1) is 0 Å². The zero-order chi connectivity index (χ0) is 20.2. The van der Waals surface area contributed by atoms with E-state index in [1.807, 2.05) is 12.1 Å². The Morgan fingerprint density at radius 1 is 0.966 bits per heavy atom. The van der Waals surface area contributed by atoms with Crippen LogP contribution in [0.1, 0.15) is 55.2 Å². The van der Waals surface area contributed by atoms with E-state index in [2.05, 4.69) is 35.6 Å². The number of rotatable bonds is 3. The summed E-state index contributed by atoms with van der Waals surface area (Å²) >= 11 is 0. The monoisotopic (exact) mass is 410 g/mol. The summed E-state index contributed by atoms with van der Waals surface area (Å²) in [6.45, 7) is 0. The Morgan fingerprint density at radius 2 is 1.76 bits per heavy atom. The molecular formula is C24H30N2O2S. The van der Waals surface area contributed by atoms with Crippen molar-refractivity contribution >= 4 is 15.7 Å². The van der Waals surface area contributed by atoms with Crippen LogP contribution in [0.4, 0.5) is 5.69 Å². The second-order valence-electron chi connectivity index (χ2n) is 9.19. The van der Waals surface area contributed by atoms with Crippen LogP contribution in [0, 0.1) is 17.8 Å². The largest absolute Gasteiger partial charge is 0.378 e. The minimum atomic E-state index is -3.43. The van der Waals surface area contributed by atoms with Crippen molar-refractivity contribution in [2.24, 2.45) is 17.8 Å². The van der Waals surface area contributed by atoms with E-state index in [4.69, 9.17) is 0 Å². The van der Waals surface area contributed by atoms with Gasteiger partial charge in [-0.05, 0) is 72.3 Å². The molecule has 5 atom stereocenters. The molecule has 0 amide bonds. The van der Waals surface area contributed by atoms with E-state index in [-0.39, 0.29) is 0 Å². The van der Waals surface area contributed by atoms with Gasteiger partial charge in [0.25, 0.3) is 0 Å². The van der Waals surface area contributed by atoms with Gasteiger partial charge in [0.2, 0.25) is 10.0 Å².